The fourth-order valence-electron chi connectivity index (χ4n) is 5.06. The number of sulfone groups is 1. The van der Waals surface area contributed by atoms with Crippen molar-refractivity contribution in [1.29, 1.82) is 0 Å². The molecule has 0 radical (unpaired) electrons. The van der Waals surface area contributed by atoms with Crippen LogP contribution in [0.5, 0.6) is 0 Å². The zero-order chi connectivity index (χ0) is 23.0. The van der Waals surface area contributed by atoms with Gasteiger partial charge in [0.2, 0.25) is 5.91 Å². The standard InChI is InChI=1S/C25H28ClN3O3S/c26-21-6-4-20-16-23(7-5-19(20)15-21)33(31,32)14-10-24(30)28-12-8-18(9-13-28)25-27-17-22-3-1-2-11-29(22)25/h4-7,15-18H,1-3,8-14H2. The molecule has 0 atom stereocenters. The van der Waals surface area contributed by atoms with Crippen molar-refractivity contribution in [3.05, 3.63) is 59.1 Å². The van der Waals surface area contributed by atoms with E-state index in [0.717, 1.165) is 42.4 Å². The first kappa shape index (κ1) is 22.4. The highest BCUT2D eigenvalue weighted by Crippen LogP contribution is 2.30. The number of carbonyl (C=O) groups is 1. The summed E-state index contributed by atoms with van der Waals surface area (Å²) in [5, 5.41) is 2.31. The normalized spacial score (nSPS) is 17.3. The Labute approximate surface area is 199 Å². The molecule has 0 spiro atoms. The molecule has 0 bridgehead atoms. The molecule has 6 nitrogen and oxygen atoms in total. The molecule has 1 aromatic heterocycles. The SMILES string of the molecule is O=C(CCS(=O)(=O)c1ccc2cc(Cl)ccc2c1)N1CCC(c2ncc3n2CCCC3)CC1. The van der Waals surface area contributed by atoms with E-state index in [1.807, 2.05) is 17.2 Å². The van der Waals surface area contributed by atoms with Gasteiger partial charge in [-0.2, -0.15) is 0 Å². The molecule has 0 saturated carbocycles. The molecule has 2 aliphatic heterocycles. The Balaban J connectivity index is 1.18. The maximum Gasteiger partial charge on any atom is 0.223 e. The summed E-state index contributed by atoms with van der Waals surface area (Å²) in [6.07, 6.45) is 7.30. The van der Waals surface area contributed by atoms with Crippen LogP contribution in [-0.2, 0) is 27.6 Å². The molecule has 0 aliphatic carbocycles. The highest BCUT2D eigenvalue weighted by molar-refractivity contribution is 7.91. The number of hydrogen-bond acceptors (Lipinski definition) is 4. The Bertz CT molecular complexity index is 1290. The summed E-state index contributed by atoms with van der Waals surface area (Å²) in [5.74, 6) is 1.26. The van der Waals surface area contributed by atoms with Crippen molar-refractivity contribution in [1.82, 2.24) is 14.5 Å². The number of halogens is 1. The van der Waals surface area contributed by atoms with Crippen LogP contribution >= 0.6 is 11.6 Å². The van der Waals surface area contributed by atoms with Gasteiger partial charge in [-0.1, -0.05) is 23.7 Å². The van der Waals surface area contributed by atoms with Crippen molar-refractivity contribution in [2.24, 2.45) is 0 Å². The lowest BCUT2D eigenvalue weighted by Crippen LogP contribution is -2.39. The maximum atomic E-state index is 12.9. The number of nitrogens with zero attached hydrogens (tertiary/aromatic N) is 3. The number of benzene rings is 2. The molecule has 1 saturated heterocycles. The number of piperidine rings is 1. The molecule has 5 rings (SSSR count). The third kappa shape index (κ3) is 4.66. The van der Waals surface area contributed by atoms with Crippen LogP contribution in [-0.4, -0.2) is 47.6 Å². The van der Waals surface area contributed by atoms with Crippen molar-refractivity contribution in [2.45, 2.75) is 55.9 Å². The van der Waals surface area contributed by atoms with Crippen molar-refractivity contribution in [2.75, 3.05) is 18.8 Å². The smallest absolute Gasteiger partial charge is 0.223 e. The third-order valence-electron chi connectivity index (χ3n) is 6.96. The van der Waals surface area contributed by atoms with Gasteiger partial charge in [-0.05, 0) is 67.1 Å². The summed E-state index contributed by atoms with van der Waals surface area (Å²) in [6.45, 7) is 2.36. The van der Waals surface area contributed by atoms with Crippen LogP contribution in [0.2, 0.25) is 5.02 Å². The topological polar surface area (TPSA) is 72.3 Å². The Morgan fingerprint density at radius 2 is 1.79 bits per heavy atom. The number of hydrogen-bond donors (Lipinski definition) is 0. The predicted molar refractivity (Wildman–Crippen MR) is 129 cm³/mol. The summed E-state index contributed by atoms with van der Waals surface area (Å²) < 4.78 is 28.1. The molecular weight excluding hydrogens is 458 g/mol. The molecule has 33 heavy (non-hydrogen) atoms. The van der Waals surface area contributed by atoms with Crippen LogP contribution in [0.25, 0.3) is 10.8 Å². The van der Waals surface area contributed by atoms with E-state index in [9.17, 15) is 13.2 Å². The lowest BCUT2D eigenvalue weighted by molar-refractivity contribution is -0.131. The Morgan fingerprint density at radius 1 is 1.03 bits per heavy atom. The van der Waals surface area contributed by atoms with E-state index >= 15 is 0 Å². The van der Waals surface area contributed by atoms with Gasteiger partial charge in [-0.25, -0.2) is 13.4 Å². The molecule has 2 aliphatic rings. The van der Waals surface area contributed by atoms with Gasteiger partial charge in [-0.3, -0.25) is 4.79 Å². The maximum absolute atomic E-state index is 12.9. The number of amides is 1. The van der Waals surface area contributed by atoms with Crippen LogP contribution in [0, 0.1) is 0 Å². The van der Waals surface area contributed by atoms with Gasteiger partial charge in [0.1, 0.15) is 5.82 Å². The minimum atomic E-state index is -3.55. The van der Waals surface area contributed by atoms with Gasteiger partial charge in [0, 0.05) is 48.9 Å². The lowest BCUT2D eigenvalue weighted by atomic mass is 9.95. The number of aryl methyl sites for hydroxylation is 1. The van der Waals surface area contributed by atoms with Crippen LogP contribution in [0.1, 0.15) is 49.5 Å². The van der Waals surface area contributed by atoms with Gasteiger partial charge < -0.3 is 9.47 Å². The highest BCUT2D eigenvalue weighted by Gasteiger charge is 2.28. The molecular formula is C25H28ClN3O3S. The van der Waals surface area contributed by atoms with Crippen LogP contribution < -0.4 is 0 Å². The van der Waals surface area contributed by atoms with E-state index in [0.29, 0.717) is 24.0 Å². The van der Waals surface area contributed by atoms with Gasteiger partial charge in [0.15, 0.2) is 9.84 Å². The fourth-order valence-corrected chi connectivity index (χ4v) is 6.50. The zero-order valence-electron chi connectivity index (χ0n) is 18.5. The predicted octanol–water partition coefficient (Wildman–Crippen LogP) is 4.60. The van der Waals surface area contributed by atoms with E-state index in [1.165, 1.54) is 18.5 Å². The molecule has 174 valence electrons. The first-order chi connectivity index (χ1) is 15.9. The number of imidazole rings is 1. The van der Waals surface area contributed by atoms with E-state index in [2.05, 4.69) is 4.57 Å². The average molecular weight is 486 g/mol. The first-order valence-corrected chi connectivity index (χ1v) is 13.7. The fraction of sp³-hybridized carbons (Fsp3) is 0.440. The molecule has 1 fully saturated rings. The monoisotopic (exact) mass is 485 g/mol. The Morgan fingerprint density at radius 3 is 2.61 bits per heavy atom. The summed E-state index contributed by atoms with van der Waals surface area (Å²) in [5.41, 5.74) is 1.33. The summed E-state index contributed by atoms with van der Waals surface area (Å²) in [4.78, 5) is 19.5. The summed E-state index contributed by atoms with van der Waals surface area (Å²) in [7, 11) is -3.55. The van der Waals surface area contributed by atoms with Crippen molar-refractivity contribution in [3.8, 4) is 0 Å². The molecule has 0 unspecified atom stereocenters. The first-order valence-electron chi connectivity index (χ1n) is 11.6. The van der Waals surface area contributed by atoms with Gasteiger partial charge in [-0.15, -0.1) is 0 Å². The second-order valence-electron chi connectivity index (χ2n) is 9.09. The van der Waals surface area contributed by atoms with E-state index < -0.39 is 9.84 Å². The molecule has 3 heterocycles. The number of likely N-dealkylation sites (tertiary alicyclic amines) is 1. The summed E-state index contributed by atoms with van der Waals surface area (Å²) in [6, 6.07) is 10.4. The molecule has 1 amide bonds. The minimum Gasteiger partial charge on any atom is -0.343 e. The average Bonchev–Trinajstić information content (AvgIpc) is 3.26. The van der Waals surface area contributed by atoms with Gasteiger partial charge in [0.25, 0.3) is 0 Å². The number of fused-ring (bicyclic) bond motifs is 2. The van der Waals surface area contributed by atoms with Gasteiger partial charge in [0.05, 0.1) is 10.6 Å². The molecule has 2 aromatic carbocycles. The van der Waals surface area contributed by atoms with E-state index in [-0.39, 0.29) is 23.0 Å². The van der Waals surface area contributed by atoms with Crippen LogP contribution in [0.15, 0.2) is 47.5 Å². The number of aromatic nitrogens is 2. The van der Waals surface area contributed by atoms with E-state index in [1.54, 1.807) is 30.3 Å². The molecule has 8 heteroatoms. The Kier molecular flexibility index (Phi) is 6.18. The quantitative estimate of drug-likeness (QED) is 0.529. The molecule has 0 N–H and O–H groups in total. The number of carbonyl (C=O) groups excluding carboxylic acids is 1. The lowest BCUT2D eigenvalue weighted by Gasteiger charge is -2.32. The Hall–Kier alpha value is -2.38. The van der Waals surface area contributed by atoms with Crippen molar-refractivity contribution >= 4 is 38.1 Å². The zero-order valence-corrected chi connectivity index (χ0v) is 20.1. The van der Waals surface area contributed by atoms with Crippen LogP contribution in [0.3, 0.4) is 0 Å². The van der Waals surface area contributed by atoms with Crippen LogP contribution in [0.4, 0.5) is 0 Å². The van der Waals surface area contributed by atoms with Crippen molar-refractivity contribution in [3.63, 3.8) is 0 Å². The van der Waals surface area contributed by atoms with Crippen molar-refractivity contribution < 1.29 is 13.2 Å². The minimum absolute atomic E-state index is 0.00439. The number of rotatable bonds is 5. The van der Waals surface area contributed by atoms with Gasteiger partial charge >= 0.3 is 0 Å². The second kappa shape index (κ2) is 9.11. The van der Waals surface area contributed by atoms with E-state index in [4.69, 9.17) is 16.6 Å². The largest absolute Gasteiger partial charge is 0.343 e. The second-order valence-corrected chi connectivity index (χ2v) is 11.6. The highest BCUT2D eigenvalue weighted by atomic mass is 35.5. The third-order valence-corrected chi connectivity index (χ3v) is 8.91. The molecule has 3 aromatic rings. The summed E-state index contributed by atoms with van der Waals surface area (Å²) >= 11 is 6.01.